The molecule has 1 nitrogen and oxygen atoms in total. The molecule has 0 aliphatic carbocycles. The Morgan fingerprint density at radius 1 is 2.00 bits per heavy atom. The van der Waals surface area contributed by atoms with Crippen molar-refractivity contribution in [2.24, 2.45) is 5.73 Å². The van der Waals surface area contributed by atoms with Crippen LogP contribution in [-0.4, -0.2) is 12.3 Å². The van der Waals surface area contributed by atoms with Crippen molar-refractivity contribution in [3.05, 3.63) is 11.0 Å². The molecule has 1 heterocycles. The monoisotopic (exact) mass is 101 g/mol. The van der Waals surface area contributed by atoms with Crippen LogP contribution in [0.25, 0.3) is 0 Å². The van der Waals surface area contributed by atoms with Gasteiger partial charge >= 0.3 is 0 Å². The number of rotatable bonds is 1. The first-order valence-electron chi connectivity index (χ1n) is 1.95. The third kappa shape index (κ3) is 0.581. The number of hydrogen-bond donors (Lipinski definition) is 1. The summed E-state index contributed by atoms with van der Waals surface area (Å²) in [4.78, 5) is 1.34. The number of hydrogen-bond acceptors (Lipinski definition) is 2. The van der Waals surface area contributed by atoms with Crippen molar-refractivity contribution in [1.29, 1.82) is 0 Å². The van der Waals surface area contributed by atoms with Crippen molar-refractivity contribution >= 4 is 11.8 Å². The van der Waals surface area contributed by atoms with Gasteiger partial charge in [-0.2, -0.15) is 0 Å². The molecule has 1 aliphatic heterocycles. The molecule has 34 valence electrons. The van der Waals surface area contributed by atoms with Crippen molar-refractivity contribution in [3.63, 3.8) is 0 Å². The summed E-state index contributed by atoms with van der Waals surface area (Å²) in [5.74, 6) is 1.17. The zero-order chi connectivity index (χ0) is 4.41. The molecule has 2 heteroatoms. The van der Waals surface area contributed by atoms with E-state index < -0.39 is 0 Å². The van der Waals surface area contributed by atoms with E-state index in [1.165, 1.54) is 10.7 Å². The fourth-order valence-corrected chi connectivity index (χ4v) is 0.864. The van der Waals surface area contributed by atoms with Crippen molar-refractivity contribution in [2.45, 2.75) is 0 Å². The fourth-order valence-electron chi connectivity index (χ4n) is 0.343. The van der Waals surface area contributed by atoms with E-state index in [9.17, 15) is 0 Å². The summed E-state index contributed by atoms with van der Waals surface area (Å²) < 4.78 is 0. The van der Waals surface area contributed by atoms with Crippen LogP contribution in [0.3, 0.4) is 0 Å². The lowest BCUT2D eigenvalue weighted by Crippen LogP contribution is -2.05. The van der Waals surface area contributed by atoms with Gasteiger partial charge in [-0.1, -0.05) is 6.08 Å². The highest BCUT2D eigenvalue weighted by atomic mass is 32.2. The predicted molar refractivity (Wildman–Crippen MR) is 29.6 cm³/mol. The number of nitrogens with two attached hydrogens (primary N) is 1. The van der Waals surface area contributed by atoms with Crippen LogP contribution in [0.4, 0.5) is 0 Å². The normalized spacial score (nSPS) is 19.2. The van der Waals surface area contributed by atoms with E-state index >= 15 is 0 Å². The smallest absolute Gasteiger partial charge is 0.0236 e. The van der Waals surface area contributed by atoms with Crippen LogP contribution < -0.4 is 5.73 Å². The second-order valence-electron chi connectivity index (χ2n) is 1.19. The molecule has 0 amide bonds. The van der Waals surface area contributed by atoms with Gasteiger partial charge in [0.1, 0.15) is 0 Å². The highest BCUT2D eigenvalue weighted by molar-refractivity contribution is 8.04. The molecule has 0 aromatic rings. The second kappa shape index (κ2) is 1.67. The SMILES string of the molecule is NCC1=CCS1. The maximum Gasteiger partial charge on any atom is 0.0236 e. The molecular weight excluding hydrogens is 94.1 g/mol. The van der Waals surface area contributed by atoms with E-state index in [0.29, 0.717) is 0 Å². The zero-order valence-electron chi connectivity index (χ0n) is 3.48. The molecule has 0 bridgehead atoms. The molecule has 0 saturated heterocycles. The summed E-state index contributed by atoms with van der Waals surface area (Å²) in [6.07, 6.45) is 2.16. The zero-order valence-corrected chi connectivity index (χ0v) is 4.29. The molecule has 0 fully saturated rings. The number of thioether (sulfide) groups is 1. The summed E-state index contributed by atoms with van der Waals surface area (Å²) in [5.41, 5.74) is 5.24. The van der Waals surface area contributed by atoms with Crippen LogP contribution in [-0.2, 0) is 0 Å². The summed E-state index contributed by atoms with van der Waals surface area (Å²) >= 11 is 1.84. The van der Waals surface area contributed by atoms with Gasteiger partial charge in [0.05, 0.1) is 0 Å². The third-order valence-corrected chi connectivity index (χ3v) is 1.82. The topological polar surface area (TPSA) is 26.0 Å². The lowest BCUT2D eigenvalue weighted by atomic mass is 10.5. The van der Waals surface area contributed by atoms with Gasteiger partial charge in [-0.25, -0.2) is 0 Å². The fraction of sp³-hybridized carbons (Fsp3) is 0.500. The van der Waals surface area contributed by atoms with Crippen molar-refractivity contribution in [2.75, 3.05) is 12.3 Å². The minimum Gasteiger partial charge on any atom is -0.326 e. The molecule has 0 radical (unpaired) electrons. The quantitative estimate of drug-likeness (QED) is 0.522. The van der Waals surface area contributed by atoms with E-state index in [2.05, 4.69) is 6.08 Å². The lowest BCUT2D eigenvalue weighted by molar-refractivity contribution is 1.21. The van der Waals surface area contributed by atoms with Crippen molar-refractivity contribution < 1.29 is 0 Å². The maximum atomic E-state index is 5.24. The van der Waals surface area contributed by atoms with Gasteiger partial charge < -0.3 is 5.73 Å². The molecule has 0 aromatic carbocycles. The molecule has 1 rings (SSSR count). The minimum absolute atomic E-state index is 0.741. The van der Waals surface area contributed by atoms with E-state index in [4.69, 9.17) is 5.73 Å². The highest BCUT2D eigenvalue weighted by Crippen LogP contribution is 2.23. The standard InChI is InChI=1S/C4H7NS/c5-3-4-1-2-6-4/h1H,2-3,5H2. The first kappa shape index (κ1) is 4.22. The Morgan fingerprint density at radius 3 is 2.67 bits per heavy atom. The van der Waals surface area contributed by atoms with Crippen LogP contribution in [0.1, 0.15) is 0 Å². The molecule has 0 unspecified atom stereocenters. The minimum atomic E-state index is 0.741. The van der Waals surface area contributed by atoms with Gasteiger partial charge in [-0.15, -0.1) is 11.8 Å². The van der Waals surface area contributed by atoms with E-state index in [0.717, 1.165) is 6.54 Å². The summed E-state index contributed by atoms with van der Waals surface area (Å²) in [5, 5.41) is 0. The largest absolute Gasteiger partial charge is 0.326 e. The van der Waals surface area contributed by atoms with Gasteiger partial charge in [0.25, 0.3) is 0 Å². The maximum absolute atomic E-state index is 5.24. The Hall–Kier alpha value is 0.0500. The van der Waals surface area contributed by atoms with Crippen LogP contribution in [0.15, 0.2) is 11.0 Å². The lowest BCUT2D eigenvalue weighted by Gasteiger charge is -2.08. The Balaban J connectivity index is 2.32. The van der Waals surface area contributed by atoms with E-state index in [1.807, 2.05) is 11.8 Å². The molecule has 1 aliphatic rings. The van der Waals surface area contributed by atoms with Gasteiger partial charge in [0.15, 0.2) is 0 Å². The van der Waals surface area contributed by atoms with Crippen LogP contribution in [0, 0.1) is 0 Å². The van der Waals surface area contributed by atoms with Gasteiger partial charge in [0, 0.05) is 12.3 Å². The predicted octanol–water partition coefficient (Wildman–Crippen LogP) is 0.576. The average molecular weight is 101 g/mol. The van der Waals surface area contributed by atoms with Crippen molar-refractivity contribution in [3.8, 4) is 0 Å². The Kier molecular flexibility index (Phi) is 1.17. The molecule has 0 spiro atoms. The highest BCUT2D eigenvalue weighted by Gasteiger charge is 2.00. The van der Waals surface area contributed by atoms with E-state index in [-0.39, 0.29) is 0 Å². The summed E-state index contributed by atoms with van der Waals surface area (Å²) in [6, 6.07) is 0. The summed E-state index contributed by atoms with van der Waals surface area (Å²) in [7, 11) is 0. The molecule has 0 saturated carbocycles. The molecule has 6 heavy (non-hydrogen) atoms. The first-order chi connectivity index (χ1) is 2.93. The van der Waals surface area contributed by atoms with Crippen molar-refractivity contribution in [1.82, 2.24) is 0 Å². The van der Waals surface area contributed by atoms with E-state index in [1.54, 1.807) is 0 Å². The van der Waals surface area contributed by atoms with Crippen LogP contribution in [0.5, 0.6) is 0 Å². The molecular formula is C4H7NS. The summed E-state index contributed by atoms with van der Waals surface area (Å²) in [6.45, 7) is 0.741. The van der Waals surface area contributed by atoms with Gasteiger partial charge in [-0.05, 0) is 4.91 Å². The Labute approximate surface area is 41.6 Å². The Morgan fingerprint density at radius 2 is 2.67 bits per heavy atom. The molecule has 2 N–H and O–H groups in total. The van der Waals surface area contributed by atoms with Gasteiger partial charge in [0.2, 0.25) is 0 Å². The molecule has 0 aromatic heterocycles. The van der Waals surface area contributed by atoms with Gasteiger partial charge in [-0.3, -0.25) is 0 Å². The first-order valence-corrected chi connectivity index (χ1v) is 2.94. The third-order valence-electron chi connectivity index (χ3n) is 0.781. The van der Waals surface area contributed by atoms with Crippen LogP contribution >= 0.6 is 11.8 Å². The Bertz CT molecular complexity index is 77.6. The molecule has 0 atom stereocenters. The van der Waals surface area contributed by atoms with Crippen LogP contribution in [0.2, 0.25) is 0 Å². The average Bonchev–Trinajstić information content (AvgIpc) is 1.31. The second-order valence-corrected chi connectivity index (χ2v) is 2.33.